The summed E-state index contributed by atoms with van der Waals surface area (Å²) in [7, 11) is 0. The molecule has 0 spiro atoms. The molecule has 1 aromatic rings. The third-order valence-electron chi connectivity index (χ3n) is 2.41. The molecular weight excluding hydrogens is 198 g/mol. The van der Waals surface area contributed by atoms with Gasteiger partial charge in [0.15, 0.2) is 5.82 Å². The highest BCUT2D eigenvalue weighted by atomic mass is 32.2. The molecule has 0 bridgehead atoms. The molecule has 4 nitrogen and oxygen atoms in total. The van der Waals surface area contributed by atoms with Crippen LogP contribution >= 0.6 is 11.8 Å². The van der Waals surface area contributed by atoms with Crippen molar-refractivity contribution in [2.45, 2.75) is 24.5 Å². The Labute approximate surface area is 87.8 Å². The van der Waals surface area contributed by atoms with Gasteiger partial charge in [0.05, 0.1) is 5.75 Å². The second kappa shape index (κ2) is 4.79. The van der Waals surface area contributed by atoms with Gasteiger partial charge in [-0.15, -0.1) is 0 Å². The van der Waals surface area contributed by atoms with Crippen LogP contribution in [0.5, 0.6) is 0 Å². The van der Waals surface area contributed by atoms with E-state index >= 15 is 0 Å². The van der Waals surface area contributed by atoms with Gasteiger partial charge in [-0.05, 0) is 25.6 Å². The molecule has 1 unspecified atom stereocenters. The lowest BCUT2D eigenvalue weighted by Gasteiger charge is -2.19. The first-order chi connectivity index (χ1) is 6.90. The van der Waals surface area contributed by atoms with Crippen LogP contribution in [0.25, 0.3) is 0 Å². The zero-order chi connectivity index (χ0) is 9.80. The van der Waals surface area contributed by atoms with Crippen molar-refractivity contribution in [2.24, 2.45) is 0 Å². The van der Waals surface area contributed by atoms with Crippen molar-refractivity contribution < 1.29 is 4.52 Å². The maximum Gasteiger partial charge on any atom is 0.236 e. The maximum atomic E-state index is 5.15. The first kappa shape index (κ1) is 9.98. The first-order valence-corrected chi connectivity index (χ1v) is 6.31. The van der Waals surface area contributed by atoms with Crippen LogP contribution in [0.1, 0.15) is 30.5 Å². The van der Waals surface area contributed by atoms with E-state index in [1.165, 1.54) is 12.8 Å². The molecule has 0 aliphatic carbocycles. The van der Waals surface area contributed by atoms with Crippen molar-refractivity contribution >= 4 is 11.8 Å². The van der Waals surface area contributed by atoms with Gasteiger partial charge >= 0.3 is 0 Å². The van der Waals surface area contributed by atoms with Crippen molar-refractivity contribution in [3.05, 3.63) is 11.7 Å². The fraction of sp³-hybridized carbons (Fsp3) is 0.778. The Balaban J connectivity index is 2.00. The van der Waals surface area contributed by atoms with E-state index < -0.39 is 0 Å². The number of aromatic nitrogens is 2. The second-order valence-corrected chi connectivity index (χ2v) is 4.39. The van der Waals surface area contributed by atoms with Gasteiger partial charge in [-0.25, -0.2) is 0 Å². The monoisotopic (exact) mass is 213 g/mol. The van der Waals surface area contributed by atoms with E-state index in [-0.39, 0.29) is 0 Å². The van der Waals surface area contributed by atoms with Gasteiger partial charge in [-0.2, -0.15) is 16.7 Å². The molecule has 2 rings (SSSR count). The summed E-state index contributed by atoms with van der Waals surface area (Å²) in [4.78, 5) is 4.39. The van der Waals surface area contributed by atoms with Gasteiger partial charge < -0.3 is 9.84 Å². The number of hydrogen-bond acceptors (Lipinski definition) is 5. The molecule has 5 heteroatoms. The van der Waals surface area contributed by atoms with E-state index in [1.807, 2.05) is 6.26 Å². The topological polar surface area (TPSA) is 51.0 Å². The first-order valence-electron chi connectivity index (χ1n) is 4.92. The molecule has 2 heterocycles. The Bertz CT molecular complexity index is 283. The average molecular weight is 213 g/mol. The molecular formula is C9H15N3OS. The lowest BCUT2D eigenvalue weighted by Crippen LogP contribution is -2.28. The van der Waals surface area contributed by atoms with Crippen LogP contribution in [-0.2, 0) is 5.75 Å². The summed E-state index contributed by atoms with van der Waals surface area (Å²) in [6, 6.07) is 0. The largest absolute Gasteiger partial charge is 0.338 e. The van der Waals surface area contributed by atoms with E-state index in [9.17, 15) is 0 Å². The maximum absolute atomic E-state index is 5.15. The zero-order valence-electron chi connectivity index (χ0n) is 8.32. The van der Waals surface area contributed by atoms with Gasteiger partial charge in [0.1, 0.15) is 0 Å². The van der Waals surface area contributed by atoms with Crippen molar-refractivity contribution in [3.63, 3.8) is 0 Å². The van der Waals surface area contributed by atoms with Gasteiger partial charge in [0.2, 0.25) is 5.89 Å². The van der Waals surface area contributed by atoms with Crippen LogP contribution in [0.15, 0.2) is 4.52 Å². The molecule has 1 N–H and O–H groups in total. The number of piperidine rings is 1. The van der Waals surface area contributed by atoms with Crippen molar-refractivity contribution in [3.8, 4) is 0 Å². The molecule has 1 aliphatic rings. The number of nitrogens with zero attached hydrogens (tertiary/aromatic N) is 2. The fourth-order valence-electron chi connectivity index (χ4n) is 1.69. The summed E-state index contributed by atoms with van der Waals surface area (Å²) in [5.74, 6) is 2.88. The van der Waals surface area contributed by atoms with Crippen LogP contribution in [0.4, 0.5) is 0 Å². The van der Waals surface area contributed by atoms with Crippen LogP contribution < -0.4 is 5.32 Å². The predicted octanol–water partition coefficient (Wildman–Crippen LogP) is 1.40. The Morgan fingerprint density at radius 1 is 1.64 bits per heavy atom. The molecule has 0 radical (unpaired) electrons. The highest BCUT2D eigenvalue weighted by Crippen LogP contribution is 2.20. The smallest absolute Gasteiger partial charge is 0.236 e. The number of rotatable bonds is 3. The van der Waals surface area contributed by atoms with Gasteiger partial charge in [0.25, 0.3) is 0 Å². The van der Waals surface area contributed by atoms with E-state index in [0.717, 1.165) is 30.6 Å². The molecule has 1 aliphatic heterocycles. The minimum Gasteiger partial charge on any atom is -0.338 e. The summed E-state index contributed by atoms with van der Waals surface area (Å²) < 4.78 is 5.15. The molecule has 0 amide bonds. The van der Waals surface area contributed by atoms with E-state index in [2.05, 4.69) is 15.5 Å². The Hall–Kier alpha value is -0.550. The van der Waals surface area contributed by atoms with Gasteiger partial charge in [0, 0.05) is 12.5 Å². The third kappa shape index (κ3) is 2.27. The summed E-state index contributed by atoms with van der Waals surface area (Å²) in [5.41, 5.74) is 0. The predicted molar refractivity (Wildman–Crippen MR) is 56.4 cm³/mol. The van der Waals surface area contributed by atoms with E-state index in [0.29, 0.717) is 5.92 Å². The molecule has 1 atom stereocenters. The zero-order valence-corrected chi connectivity index (χ0v) is 9.14. The Kier molecular flexibility index (Phi) is 3.42. The normalized spacial score (nSPS) is 22.5. The standard InChI is InChI=1S/C9H15N3OS/c1-14-6-8-11-9(12-13-8)7-3-2-4-10-5-7/h7,10H,2-6H2,1H3. The molecule has 1 aromatic heterocycles. The van der Waals surface area contributed by atoms with Crippen LogP contribution in [0, 0.1) is 0 Å². The van der Waals surface area contributed by atoms with Crippen molar-refractivity contribution in [1.29, 1.82) is 0 Å². The van der Waals surface area contributed by atoms with Gasteiger partial charge in [-0.3, -0.25) is 0 Å². The SMILES string of the molecule is CSCc1nc(C2CCCNC2)no1. The summed E-state index contributed by atoms with van der Waals surface area (Å²) in [6.07, 6.45) is 4.41. The fourth-order valence-corrected chi connectivity index (χ4v) is 2.05. The Morgan fingerprint density at radius 2 is 2.57 bits per heavy atom. The number of thioether (sulfide) groups is 1. The molecule has 1 fully saturated rings. The van der Waals surface area contributed by atoms with Crippen LogP contribution in [0.3, 0.4) is 0 Å². The molecule has 14 heavy (non-hydrogen) atoms. The molecule has 0 aromatic carbocycles. The minimum atomic E-state index is 0.447. The highest BCUT2D eigenvalue weighted by Gasteiger charge is 2.20. The Morgan fingerprint density at radius 3 is 3.29 bits per heavy atom. The number of nitrogens with one attached hydrogen (secondary N) is 1. The lowest BCUT2D eigenvalue weighted by atomic mass is 9.99. The molecule has 0 saturated carbocycles. The average Bonchev–Trinajstić information content (AvgIpc) is 2.68. The minimum absolute atomic E-state index is 0.447. The number of hydrogen-bond donors (Lipinski definition) is 1. The highest BCUT2D eigenvalue weighted by molar-refractivity contribution is 7.97. The van der Waals surface area contributed by atoms with Crippen LogP contribution in [-0.4, -0.2) is 29.5 Å². The van der Waals surface area contributed by atoms with E-state index in [1.54, 1.807) is 11.8 Å². The quantitative estimate of drug-likeness (QED) is 0.822. The van der Waals surface area contributed by atoms with Crippen molar-refractivity contribution in [1.82, 2.24) is 15.5 Å². The molecule has 78 valence electrons. The van der Waals surface area contributed by atoms with Gasteiger partial charge in [-0.1, -0.05) is 5.16 Å². The summed E-state index contributed by atoms with van der Waals surface area (Å²) >= 11 is 1.70. The summed E-state index contributed by atoms with van der Waals surface area (Å²) in [6.45, 7) is 2.10. The lowest BCUT2D eigenvalue weighted by molar-refractivity contribution is 0.370. The molecule has 1 saturated heterocycles. The van der Waals surface area contributed by atoms with E-state index in [4.69, 9.17) is 4.52 Å². The second-order valence-electron chi connectivity index (χ2n) is 3.52. The third-order valence-corrected chi connectivity index (χ3v) is 2.95. The summed E-state index contributed by atoms with van der Waals surface area (Å²) in [5, 5.41) is 7.37. The van der Waals surface area contributed by atoms with Crippen LogP contribution in [0.2, 0.25) is 0 Å². The van der Waals surface area contributed by atoms with Crippen molar-refractivity contribution in [2.75, 3.05) is 19.3 Å².